The lowest BCUT2D eigenvalue weighted by atomic mass is 10.0. The van der Waals surface area contributed by atoms with E-state index in [2.05, 4.69) is 15.5 Å². The molecule has 0 aromatic carbocycles. The van der Waals surface area contributed by atoms with Gasteiger partial charge in [0.2, 0.25) is 5.91 Å². The van der Waals surface area contributed by atoms with Crippen LogP contribution in [0.2, 0.25) is 0 Å². The number of rotatable bonds is 8. The number of nitrogens with one attached hydrogen (secondary N) is 2. The van der Waals surface area contributed by atoms with Gasteiger partial charge in [0.05, 0.1) is 12.6 Å². The predicted octanol–water partition coefficient (Wildman–Crippen LogP) is 1.35. The van der Waals surface area contributed by atoms with Gasteiger partial charge in [-0.2, -0.15) is 5.10 Å². The topological polar surface area (TPSA) is 95.1 Å². The molecule has 1 aromatic heterocycles. The van der Waals surface area contributed by atoms with Gasteiger partial charge in [0.25, 0.3) is 0 Å². The van der Waals surface area contributed by atoms with Crippen molar-refractivity contribution in [3.63, 3.8) is 0 Å². The van der Waals surface area contributed by atoms with Crippen LogP contribution in [0.5, 0.6) is 0 Å². The smallest absolute Gasteiger partial charge is 0.305 e. The van der Waals surface area contributed by atoms with Crippen molar-refractivity contribution >= 4 is 11.9 Å². The van der Waals surface area contributed by atoms with E-state index in [9.17, 15) is 9.59 Å². The van der Waals surface area contributed by atoms with Crippen LogP contribution < -0.4 is 5.32 Å². The van der Waals surface area contributed by atoms with Crippen LogP contribution in [-0.4, -0.2) is 33.2 Å². The van der Waals surface area contributed by atoms with E-state index in [1.807, 2.05) is 13.8 Å². The van der Waals surface area contributed by atoms with E-state index in [1.54, 1.807) is 12.4 Å². The van der Waals surface area contributed by atoms with Crippen LogP contribution in [0.4, 0.5) is 0 Å². The standard InChI is InChI=1S/C13H21N3O3/c1-9(2)11(6-13(18)19)16-12(17)5-3-4-10-7-14-15-8-10/h7-9,11H,3-6H2,1-2H3,(H,14,15)(H,16,17)(H,18,19). The summed E-state index contributed by atoms with van der Waals surface area (Å²) >= 11 is 0. The summed E-state index contributed by atoms with van der Waals surface area (Å²) in [4.78, 5) is 22.4. The quantitative estimate of drug-likeness (QED) is 0.662. The largest absolute Gasteiger partial charge is 0.481 e. The number of carbonyl (C=O) groups excluding carboxylic acids is 1. The molecule has 6 nitrogen and oxygen atoms in total. The van der Waals surface area contributed by atoms with Gasteiger partial charge in [-0.25, -0.2) is 0 Å². The van der Waals surface area contributed by atoms with Crippen molar-refractivity contribution < 1.29 is 14.7 Å². The molecule has 0 saturated carbocycles. The lowest BCUT2D eigenvalue weighted by molar-refractivity contribution is -0.138. The molecular formula is C13H21N3O3. The molecule has 0 aliphatic carbocycles. The van der Waals surface area contributed by atoms with Gasteiger partial charge < -0.3 is 10.4 Å². The van der Waals surface area contributed by atoms with Crippen LogP contribution in [0.1, 0.15) is 38.7 Å². The van der Waals surface area contributed by atoms with Gasteiger partial charge in [-0.05, 0) is 24.3 Å². The zero-order valence-electron chi connectivity index (χ0n) is 11.3. The van der Waals surface area contributed by atoms with Crippen molar-refractivity contribution in [1.82, 2.24) is 15.5 Å². The highest BCUT2D eigenvalue weighted by Gasteiger charge is 2.18. The average molecular weight is 267 g/mol. The minimum atomic E-state index is -0.891. The Morgan fingerprint density at radius 3 is 2.74 bits per heavy atom. The molecule has 0 aliphatic rings. The monoisotopic (exact) mass is 267 g/mol. The van der Waals surface area contributed by atoms with E-state index < -0.39 is 5.97 Å². The van der Waals surface area contributed by atoms with Crippen LogP contribution in [0.15, 0.2) is 12.4 Å². The van der Waals surface area contributed by atoms with E-state index in [0.717, 1.165) is 18.4 Å². The molecule has 0 radical (unpaired) electrons. The molecule has 106 valence electrons. The summed E-state index contributed by atoms with van der Waals surface area (Å²) < 4.78 is 0. The molecular weight excluding hydrogens is 246 g/mol. The summed E-state index contributed by atoms with van der Waals surface area (Å²) in [5.74, 6) is -0.880. The van der Waals surface area contributed by atoms with Crippen molar-refractivity contribution in [1.29, 1.82) is 0 Å². The number of aromatic nitrogens is 2. The van der Waals surface area contributed by atoms with E-state index in [4.69, 9.17) is 5.11 Å². The fourth-order valence-electron chi connectivity index (χ4n) is 1.79. The molecule has 1 amide bonds. The van der Waals surface area contributed by atoms with E-state index >= 15 is 0 Å². The molecule has 6 heteroatoms. The van der Waals surface area contributed by atoms with Crippen molar-refractivity contribution in [3.05, 3.63) is 18.0 Å². The Labute approximate surface area is 112 Å². The molecule has 1 heterocycles. The first kappa shape index (κ1) is 15.2. The summed E-state index contributed by atoms with van der Waals surface area (Å²) in [6, 6.07) is -0.307. The van der Waals surface area contributed by atoms with Crippen molar-refractivity contribution in [3.8, 4) is 0 Å². The zero-order chi connectivity index (χ0) is 14.3. The Morgan fingerprint density at radius 2 is 2.21 bits per heavy atom. The minimum absolute atomic E-state index is 0.0366. The minimum Gasteiger partial charge on any atom is -0.481 e. The van der Waals surface area contributed by atoms with Gasteiger partial charge in [0, 0.05) is 18.7 Å². The number of carbonyl (C=O) groups is 2. The molecule has 1 aromatic rings. The second-order valence-corrected chi connectivity index (χ2v) is 4.98. The summed E-state index contributed by atoms with van der Waals surface area (Å²) in [5, 5.41) is 18.1. The van der Waals surface area contributed by atoms with Crippen LogP contribution in [-0.2, 0) is 16.0 Å². The first-order chi connectivity index (χ1) is 8.99. The number of aromatic amines is 1. The second-order valence-electron chi connectivity index (χ2n) is 4.98. The fourth-order valence-corrected chi connectivity index (χ4v) is 1.79. The van der Waals surface area contributed by atoms with Crippen molar-refractivity contribution in [2.24, 2.45) is 5.92 Å². The van der Waals surface area contributed by atoms with E-state index in [1.165, 1.54) is 0 Å². The third kappa shape index (κ3) is 6.03. The Hall–Kier alpha value is -1.85. The van der Waals surface area contributed by atoms with Crippen LogP contribution in [0.25, 0.3) is 0 Å². The van der Waals surface area contributed by atoms with Crippen LogP contribution >= 0.6 is 0 Å². The van der Waals surface area contributed by atoms with Crippen molar-refractivity contribution in [2.45, 2.75) is 45.6 Å². The lowest BCUT2D eigenvalue weighted by Crippen LogP contribution is -2.40. The number of H-pyrrole nitrogens is 1. The maximum Gasteiger partial charge on any atom is 0.305 e. The van der Waals surface area contributed by atoms with Crippen LogP contribution in [0.3, 0.4) is 0 Å². The molecule has 0 fully saturated rings. The molecule has 1 rings (SSSR count). The fraction of sp³-hybridized carbons (Fsp3) is 0.615. The lowest BCUT2D eigenvalue weighted by Gasteiger charge is -2.20. The Bertz CT molecular complexity index is 401. The Morgan fingerprint density at radius 1 is 1.47 bits per heavy atom. The maximum atomic E-state index is 11.7. The summed E-state index contributed by atoms with van der Waals surface area (Å²) in [7, 11) is 0. The molecule has 0 aliphatic heterocycles. The number of carboxylic acids is 1. The maximum absolute atomic E-state index is 11.7. The van der Waals surface area contributed by atoms with Gasteiger partial charge in [0.15, 0.2) is 0 Å². The normalized spacial score (nSPS) is 12.4. The van der Waals surface area contributed by atoms with Gasteiger partial charge in [-0.3, -0.25) is 14.7 Å². The number of nitrogens with zero attached hydrogens (tertiary/aromatic N) is 1. The Kier molecular flexibility index (Phi) is 6.05. The van der Waals surface area contributed by atoms with Crippen LogP contribution in [0, 0.1) is 5.92 Å². The van der Waals surface area contributed by atoms with Gasteiger partial charge in [-0.15, -0.1) is 0 Å². The number of carboxylic acid groups (broad SMARTS) is 1. The zero-order valence-corrected chi connectivity index (χ0v) is 11.3. The van der Waals surface area contributed by atoms with E-state index in [-0.39, 0.29) is 24.3 Å². The number of aliphatic carboxylic acids is 1. The highest BCUT2D eigenvalue weighted by Crippen LogP contribution is 2.08. The molecule has 3 N–H and O–H groups in total. The molecule has 0 spiro atoms. The molecule has 0 saturated heterocycles. The third-order valence-corrected chi connectivity index (χ3v) is 2.97. The van der Waals surface area contributed by atoms with Gasteiger partial charge in [0.1, 0.15) is 0 Å². The number of hydrogen-bond donors (Lipinski definition) is 3. The predicted molar refractivity (Wildman–Crippen MR) is 70.5 cm³/mol. The average Bonchev–Trinajstić information content (AvgIpc) is 2.80. The highest BCUT2D eigenvalue weighted by molar-refractivity contribution is 5.77. The highest BCUT2D eigenvalue weighted by atomic mass is 16.4. The number of aryl methyl sites for hydroxylation is 1. The third-order valence-electron chi connectivity index (χ3n) is 2.97. The number of hydrogen-bond acceptors (Lipinski definition) is 3. The summed E-state index contributed by atoms with van der Waals surface area (Å²) in [5.41, 5.74) is 1.07. The van der Waals surface area contributed by atoms with Gasteiger partial charge in [-0.1, -0.05) is 13.8 Å². The summed E-state index contributed by atoms with van der Waals surface area (Å²) in [6.45, 7) is 3.80. The second kappa shape index (κ2) is 7.56. The SMILES string of the molecule is CC(C)C(CC(=O)O)NC(=O)CCCc1cn[nH]c1. The van der Waals surface area contributed by atoms with E-state index in [0.29, 0.717) is 6.42 Å². The first-order valence-electron chi connectivity index (χ1n) is 6.48. The molecule has 0 bridgehead atoms. The van der Waals surface area contributed by atoms with Crippen molar-refractivity contribution in [2.75, 3.05) is 0 Å². The first-order valence-corrected chi connectivity index (χ1v) is 6.48. The molecule has 1 atom stereocenters. The molecule has 1 unspecified atom stereocenters. The number of amides is 1. The molecule has 19 heavy (non-hydrogen) atoms. The summed E-state index contributed by atoms with van der Waals surface area (Å²) in [6.07, 6.45) is 5.41. The van der Waals surface area contributed by atoms with Gasteiger partial charge >= 0.3 is 5.97 Å². The Balaban J connectivity index is 2.29.